The average Bonchev–Trinajstić information content (AvgIpc) is 3.17. The predicted molar refractivity (Wildman–Crippen MR) is 99.1 cm³/mol. The number of carbonyl (C=O) groups excluding carboxylic acids is 2. The number of ether oxygens (including phenoxy) is 1. The highest BCUT2D eigenvalue weighted by molar-refractivity contribution is 5.79. The molecule has 0 aromatic carbocycles. The fourth-order valence-electron chi connectivity index (χ4n) is 4.15. The molecule has 1 atom stereocenters. The Balaban J connectivity index is 1.39. The maximum atomic E-state index is 13.0. The van der Waals surface area contributed by atoms with E-state index in [0.29, 0.717) is 32.5 Å². The predicted octanol–water partition coefficient (Wildman–Crippen LogP) is 2.14. The molecule has 1 N–H and O–H groups in total. The topological polar surface area (TPSA) is 91.4 Å². The third kappa shape index (κ3) is 3.61. The zero-order valence-corrected chi connectivity index (χ0v) is 15.6. The molecule has 2 aromatic rings. The smallest absolute Gasteiger partial charge is 0.409 e. The third-order valence-electron chi connectivity index (χ3n) is 5.67. The Hall–Kier alpha value is -2.64. The highest BCUT2D eigenvalue weighted by Gasteiger charge is 2.33. The fourth-order valence-corrected chi connectivity index (χ4v) is 4.15. The van der Waals surface area contributed by atoms with Gasteiger partial charge < -0.3 is 19.5 Å². The van der Waals surface area contributed by atoms with Crippen LogP contribution >= 0.6 is 0 Å². The van der Waals surface area contributed by atoms with Crippen LogP contribution in [0.1, 0.15) is 37.4 Å². The van der Waals surface area contributed by atoms with E-state index >= 15 is 0 Å². The first-order valence-corrected chi connectivity index (χ1v) is 9.58. The van der Waals surface area contributed by atoms with E-state index in [0.717, 1.165) is 36.4 Å². The summed E-state index contributed by atoms with van der Waals surface area (Å²) in [5.74, 6) is 1.33. The highest BCUT2D eigenvalue weighted by atomic mass is 16.5. The van der Waals surface area contributed by atoms with Crippen molar-refractivity contribution in [3.63, 3.8) is 0 Å². The van der Waals surface area contributed by atoms with Crippen molar-refractivity contribution < 1.29 is 14.3 Å². The molecule has 0 saturated carbocycles. The number of hydrogen-bond donors (Lipinski definition) is 1. The van der Waals surface area contributed by atoms with Crippen molar-refractivity contribution in [1.29, 1.82) is 0 Å². The molecule has 0 radical (unpaired) electrons. The largest absolute Gasteiger partial charge is 0.453 e. The molecule has 2 fully saturated rings. The number of hydrogen-bond acceptors (Lipinski definition) is 5. The van der Waals surface area contributed by atoms with Crippen LogP contribution in [0, 0.1) is 5.92 Å². The van der Waals surface area contributed by atoms with Gasteiger partial charge in [-0.15, -0.1) is 0 Å². The third-order valence-corrected chi connectivity index (χ3v) is 5.67. The second kappa shape index (κ2) is 7.54. The van der Waals surface area contributed by atoms with Crippen LogP contribution in [0.4, 0.5) is 4.79 Å². The number of imidazole rings is 1. The van der Waals surface area contributed by atoms with Crippen molar-refractivity contribution in [3.05, 3.63) is 24.2 Å². The maximum Gasteiger partial charge on any atom is 0.409 e. The first-order chi connectivity index (χ1) is 13.2. The van der Waals surface area contributed by atoms with E-state index in [1.54, 1.807) is 11.1 Å². The van der Waals surface area contributed by atoms with Gasteiger partial charge in [0.15, 0.2) is 5.65 Å². The van der Waals surface area contributed by atoms with Gasteiger partial charge in [0.2, 0.25) is 5.91 Å². The van der Waals surface area contributed by atoms with Gasteiger partial charge in [-0.2, -0.15) is 0 Å². The molecular formula is C19H25N5O3. The molecular weight excluding hydrogens is 346 g/mol. The lowest BCUT2D eigenvalue weighted by Crippen LogP contribution is -2.47. The van der Waals surface area contributed by atoms with Crippen molar-refractivity contribution in [3.8, 4) is 0 Å². The van der Waals surface area contributed by atoms with E-state index < -0.39 is 0 Å². The van der Waals surface area contributed by atoms with E-state index in [1.165, 1.54) is 7.11 Å². The molecule has 144 valence electrons. The van der Waals surface area contributed by atoms with E-state index in [9.17, 15) is 9.59 Å². The Morgan fingerprint density at radius 2 is 2.00 bits per heavy atom. The number of aromatic nitrogens is 3. The molecule has 0 bridgehead atoms. The Bertz CT molecular complexity index is 795. The Morgan fingerprint density at radius 3 is 2.74 bits per heavy atom. The van der Waals surface area contributed by atoms with Crippen LogP contribution in [0.2, 0.25) is 0 Å². The van der Waals surface area contributed by atoms with Crippen molar-refractivity contribution in [2.45, 2.75) is 31.6 Å². The van der Waals surface area contributed by atoms with E-state index in [2.05, 4.69) is 15.0 Å². The van der Waals surface area contributed by atoms with Crippen LogP contribution in [0.3, 0.4) is 0 Å². The number of nitrogens with one attached hydrogen (secondary N) is 1. The second-order valence-electron chi connectivity index (χ2n) is 7.35. The monoisotopic (exact) mass is 371 g/mol. The van der Waals surface area contributed by atoms with Crippen LogP contribution in [-0.2, 0) is 9.53 Å². The SMILES string of the molecule is COC(=O)N1CCC(C(=O)N2CCCC(c3nc4ncccc4[nH]3)C2)CC1. The van der Waals surface area contributed by atoms with E-state index in [1.807, 2.05) is 17.0 Å². The van der Waals surface area contributed by atoms with Crippen LogP contribution in [0.5, 0.6) is 0 Å². The number of carbonyl (C=O) groups is 2. The normalized spacial score (nSPS) is 21.4. The van der Waals surface area contributed by atoms with Gasteiger partial charge in [0.25, 0.3) is 0 Å². The lowest BCUT2D eigenvalue weighted by molar-refractivity contribution is -0.138. The minimum Gasteiger partial charge on any atom is -0.453 e. The van der Waals surface area contributed by atoms with Crippen molar-refractivity contribution >= 4 is 23.2 Å². The summed E-state index contributed by atoms with van der Waals surface area (Å²) in [6.45, 7) is 2.64. The lowest BCUT2D eigenvalue weighted by Gasteiger charge is -2.37. The molecule has 4 rings (SSSR count). The van der Waals surface area contributed by atoms with Gasteiger partial charge in [0, 0.05) is 44.2 Å². The minimum atomic E-state index is -0.308. The summed E-state index contributed by atoms with van der Waals surface area (Å²) in [4.78, 5) is 40.5. The molecule has 0 spiro atoms. The lowest BCUT2D eigenvalue weighted by atomic mass is 9.92. The zero-order chi connectivity index (χ0) is 18.8. The number of amides is 2. The number of aromatic amines is 1. The van der Waals surface area contributed by atoms with Crippen molar-refractivity contribution in [1.82, 2.24) is 24.8 Å². The number of nitrogens with zero attached hydrogens (tertiary/aromatic N) is 4. The molecule has 2 aromatic heterocycles. The molecule has 8 nitrogen and oxygen atoms in total. The molecule has 2 aliphatic rings. The summed E-state index contributed by atoms with van der Waals surface area (Å²) >= 11 is 0. The van der Waals surface area contributed by atoms with Gasteiger partial charge in [0.1, 0.15) is 5.82 Å². The quantitative estimate of drug-likeness (QED) is 0.873. The minimum absolute atomic E-state index is 0.0120. The van der Waals surface area contributed by atoms with Crippen LogP contribution < -0.4 is 0 Å². The van der Waals surface area contributed by atoms with Crippen molar-refractivity contribution in [2.24, 2.45) is 5.92 Å². The first-order valence-electron chi connectivity index (χ1n) is 9.58. The van der Waals surface area contributed by atoms with Crippen LogP contribution in [-0.4, -0.2) is 70.0 Å². The van der Waals surface area contributed by atoms with Gasteiger partial charge >= 0.3 is 6.09 Å². The fraction of sp³-hybridized carbons (Fsp3) is 0.579. The molecule has 2 saturated heterocycles. The molecule has 1 unspecified atom stereocenters. The number of methoxy groups -OCH3 is 1. The number of rotatable bonds is 2. The van der Waals surface area contributed by atoms with Gasteiger partial charge in [-0.1, -0.05) is 0 Å². The van der Waals surface area contributed by atoms with Crippen LogP contribution in [0.25, 0.3) is 11.2 Å². The Labute approximate surface area is 157 Å². The van der Waals surface area contributed by atoms with E-state index in [4.69, 9.17) is 4.74 Å². The number of piperidine rings is 2. The standard InChI is InChI=1S/C19H25N5O3/c1-27-19(26)23-10-6-13(7-11-23)18(25)24-9-3-4-14(12-24)16-21-15-5-2-8-20-17(15)22-16/h2,5,8,13-14H,3-4,6-7,9-12H2,1H3,(H,20,21,22). The summed E-state index contributed by atoms with van der Waals surface area (Å²) in [5, 5.41) is 0. The molecule has 27 heavy (non-hydrogen) atoms. The van der Waals surface area contributed by atoms with Crippen molar-refractivity contribution in [2.75, 3.05) is 33.3 Å². The number of pyridine rings is 1. The number of H-pyrrole nitrogens is 1. The summed E-state index contributed by atoms with van der Waals surface area (Å²) in [5.41, 5.74) is 1.66. The molecule has 2 aliphatic heterocycles. The summed E-state index contributed by atoms with van der Waals surface area (Å²) < 4.78 is 4.77. The molecule has 4 heterocycles. The number of likely N-dealkylation sites (tertiary alicyclic amines) is 2. The Kier molecular flexibility index (Phi) is 4.96. The molecule has 2 amide bonds. The van der Waals surface area contributed by atoms with Gasteiger partial charge in [-0.25, -0.2) is 14.8 Å². The maximum absolute atomic E-state index is 13.0. The second-order valence-corrected chi connectivity index (χ2v) is 7.35. The zero-order valence-electron chi connectivity index (χ0n) is 15.6. The van der Waals surface area contributed by atoms with Gasteiger partial charge in [-0.3, -0.25) is 4.79 Å². The summed E-state index contributed by atoms with van der Waals surface area (Å²) in [6.07, 6.45) is 4.82. The first kappa shape index (κ1) is 17.8. The summed E-state index contributed by atoms with van der Waals surface area (Å²) in [7, 11) is 1.39. The number of fused-ring (bicyclic) bond motifs is 1. The van der Waals surface area contributed by atoms with Gasteiger partial charge in [-0.05, 0) is 37.8 Å². The molecule has 0 aliphatic carbocycles. The summed E-state index contributed by atoms with van der Waals surface area (Å²) in [6, 6.07) is 3.86. The Morgan fingerprint density at radius 1 is 1.19 bits per heavy atom. The van der Waals surface area contributed by atoms with E-state index in [-0.39, 0.29) is 23.8 Å². The average molecular weight is 371 g/mol. The van der Waals surface area contributed by atoms with Gasteiger partial charge in [0.05, 0.1) is 12.6 Å². The molecule has 8 heteroatoms. The highest BCUT2D eigenvalue weighted by Crippen LogP contribution is 2.29. The van der Waals surface area contributed by atoms with Crippen LogP contribution in [0.15, 0.2) is 18.3 Å².